The molecular weight excluding hydrogens is 477 g/mol. The highest BCUT2D eigenvalue weighted by molar-refractivity contribution is 6.01. The van der Waals surface area contributed by atoms with Crippen molar-refractivity contribution in [1.82, 2.24) is 19.4 Å². The second kappa shape index (κ2) is 9.22. The maximum Gasteiger partial charge on any atom is 0.250 e. The molecule has 190 valence electrons. The van der Waals surface area contributed by atoms with Crippen LogP contribution in [-0.2, 0) is 14.4 Å². The fourth-order valence-electron chi connectivity index (χ4n) is 5.26. The van der Waals surface area contributed by atoms with E-state index in [1.807, 2.05) is 35.9 Å². The zero-order valence-corrected chi connectivity index (χ0v) is 20.3. The van der Waals surface area contributed by atoms with Crippen molar-refractivity contribution in [1.29, 1.82) is 0 Å². The molecule has 2 aromatic carbocycles. The second-order valence-electron chi connectivity index (χ2n) is 9.80. The maximum absolute atomic E-state index is 13.9. The molecule has 2 N–H and O–H groups in total. The Hall–Kier alpha value is -3.86. The Labute approximate surface area is 212 Å². The summed E-state index contributed by atoms with van der Waals surface area (Å²) in [7, 11) is 0. The lowest BCUT2D eigenvalue weighted by molar-refractivity contribution is -0.162. The highest BCUT2D eigenvalue weighted by Crippen LogP contribution is 2.43. The molecule has 6 rings (SSSR count). The number of rotatable bonds is 6. The van der Waals surface area contributed by atoms with Crippen molar-refractivity contribution >= 4 is 23.1 Å². The van der Waals surface area contributed by atoms with Gasteiger partial charge in [-0.15, -0.1) is 0 Å². The molecule has 4 heterocycles. The number of carbonyl (C=O) groups is 1. The minimum Gasteiger partial charge on any atom is -0.441 e. The van der Waals surface area contributed by atoms with Gasteiger partial charge in [0, 0.05) is 29.3 Å². The van der Waals surface area contributed by atoms with E-state index in [-0.39, 0.29) is 23.7 Å². The summed E-state index contributed by atoms with van der Waals surface area (Å²) in [5, 5.41) is 0. The van der Waals surface area contributed by atoms with Gasteiger partial charge in [-0.25, -0.2) is 20.3 Å². The summed E-state index contributed by atoms with van der Waals surface area (Å²) in [5.41, 5.74) is 4.91. The van der Waals surface area contributed by atoms with Crippen molar-refractivity contribution in [2.75, 3.05) is 26.4 Å². The second-order valence-corrected chi connectivity index (χ2v) is 9.80. The Bertz CT molecular complexity index is 1490. The number of benzene rings is 2. The topological polar surface area (TPSA) is 109 Å². The number of carbonyl (C=O) groups excluding carboxylic acids is 1. The van der Waals surface area contributed by atoms with Crippen LogP contribution in [0.1, 0.15) is 29.3 Å². The number of nitrogens with two attached hydrogens (primary N) is 1. The van der Waals surface area contributed by atoms with Crippen molar-refractivity contribution in [3.05, 3.63) is 83.5 Å². The van der Waals surface area contributed by atoms with Crippen LogP contribution in [0.15, 0.2) is 65.3 Å². The van der Waals surface area contributed by atoms with Crippen LogP contribution in [0.25, 0.3) is 22.9 Å². The number of aromatic nitrogens is 3. The number of ether oxygens (including phenoxy) is 1. The van der Waals surface area contributed by atoms with Crippen LogP contribution in [0, 0.1) is 18.2 Å². The highest BCUT2D eigenvalue weighted by atomic mass is 19.1. The summed E-state index contributed by atoms with van der Waals surface area (Å²) < 4.78 is 26.8. The van der Waals surface area contributed by atoms with Gasteiger partial charge >= 0.3 is 0 Å². The zero-order valence-electron chi connectivity index (χ0n) is 20.3. The Morgan fingerprint density at radius 2 is 2.03 bits per heavy atom. The zero-order chi connectivity index (χ0) is 25.6. The molecular formula is C27H26FN5O4. The molecule has 1 atom stereocenters. The normalized spacial score (nSPS) is 19.1. The molecule has 2 aromatic heterocycles. The van der Waals surface area contributed by atoms with E-state index in [4.69, 9.17) is 19.9 Å². The van der Waals surface area contributed by atoms with E-state index in [1.165, 1.54) is 18.5 Å². The van der Waals surface area contributed by atoms with Gasteiger partial charge in [-0.2, -0.15) is 0 Å². The highest BCUT2D eigenvalue weighted by Gasteiger charge is 2.48. The van der Waals surface area contributed by atoms with Gasteiger partial charge in [0.2, 0.25) is 5.91 Å². The first-order valence-corrected chi connectivity index (χ1v) is 12.0. The van der Waals surface area contributed by atoms with Gasteiger partial charge in [-0.05, 0) is 43.2 Å². The van der Waals surface area contributed by atoms with Crippen LogP contribution < -0.4 is 5.90 Å². The predicted molar refractivity (Wildman–Crippen MR) is 133 cm³/mol. The van der Waals surface area contributed by atoms with E-state index in [0.717, 1.165) is 22.5 Å². The predicted octanol–water partition coefficient (Wildman–Crippen LogP) is 3.72. The summed E-state index contributed by atoms with van der Waals surface area (Å²) in [6.07, 6.45) is 7.49. The summed E-state index contributed by atoms with van der Waals surface area (Å²) >= 11 is 0. The Morgan fingerprint density at radius 3 is 2.70 bits per heavy atom. The molecule has 0 saturated carbocycles. The largest absolute Gasteiger partial charge is 0.441 e. The number of fused-ring (bicyclic) bond motifs is 1. The van der Waals surface area contributed by atoms with Gasteiger partial charge in [-0.3, -0.25) is 4.79 Å². The average Bonchev–Trinajstić information content (AvgIpc) is 3.54. The van der Waals surface area contributed by atoms with Gasteiger partial charge in [0.25, 0.3) is 0 Å². The number of halogens is 1. The van der Waals surface area contributed by atoms with Gasteiger partial charge < -0.3 is 23.5 Å². The van der Waals surface area contributed by atoms with Crippen molar-refractivity contribution < 1.29 is 23.2 Å². The van der Waals surface area contributed by atoms with Crippen LogP contribution in [0.5, 0.6) is 0 Å². The maximum atomic E-state index is 13.9. The van der Waals surface area contributed by atoms with E-state index in [9.17, 15) is 9.18 Å². The summed E-state index contributed by atoms with van der Waals surface area (Å²) in [6, 6.07) is 9.44. The number of hydrogen-bond donors (Lipinski definition) is 1. The van der Waals surface area contributed by atoms with Crippen LogP contribution in [0.3, 0.4) is 0 Å². The lowest BCUT2D eigenvalue weighted by atomic mass is 9.75. The number of hydrogen-bond acceptors (Lipinski definition) is 7. The van der Waals surface area contributed by atoms with Gasteiger partial charge in [0.1, 0.15) is 11.3 Å². The standard InChI is InChI=1S/C27H26FN5O4/c1-17-10-32(15-30-17)22-7-4-19(24-25(22)36-16-31-24)8-20-9-27(13-35-14-27)12-33(26(20)34)23(11-37-29)18-2-5-21(28)6-3-18/h2-8,10,15-16,23H,9,11-14,29H2,1H3. The number of imidazole rings is 1. The third kappa shape index (κ3) is 4.22. The first-order chi connectivity index (χ1) is 18.0. The van der Waals surface area contributed by atoms with Crippen molar-refractivity contribution in [3.63, 3.8) is 0 Å². The SMILES string of the molecule is Cc1cn(-c2ccc(C=C3CC4(COC4)CN(C(CON)c4ccc(F)cc4)C3=O)c3ncoc23)cn1. The van der Waals surface area contributed by atoms with Crippen molar-refractivity contribution in [3.8, 4) is 5.69 Å². The van der Waals surface area contributed by atoms with Crippen LogP contribution in [0.4, 0.5) is 4.39 Å². The number of oxazole rings is 1. The van der Waals surface area contributed by atoms with Crippen LogP contribution >= 0.6 is 0 Å². The van der Waals surface area contributed by atoms with Gasteiger partial charge in [0.05, 0.1) is 43.6 Å². The summed E-state index contributed by atoms with van der Waals surface area (Å²) in [4.78, 5) is 29.4. The van der Waals surface area contributed by atoms with Crippen LogP contribution in [0.2, 0.25) is 0 Å². The molecule has 0 aliphatic carbocycles. The number of nitrogens with zero attached hydrogens (tertiary/aromatic N) is 4. The van der Waals surface area contributed by atoms with Crippen LogP contribution in [-0.4, -0.2) is 51.7 Å². The molecule has 10 heteroatoms. The smallest absolute Gasteiger partial charge is 0.250 e. The lowest BCUT2D eigenvalue weighted by Crippen LogP contribution is -2.58. The fraction of sp³-hybridized carbons (Fsp3) is 0.296. The molecule has 1 spiro atoms. The first kappa shape index (κ1) is 23.5. The summed E-state index contributed by atoms with van der Waals surface area (Å²) in [5.74, 6) is 4.98. The number of piperidine rings is 1. The van der Waals surface area contributed by atoms with Gasteiger partial charge in [-0.1, -0.05) is 18.2 Å². The minimum atomic E-state index is -0.474. The average molecular weight is 504 g/mol. The van der Waals surface area contributed by atoms with Gasteiger partial charge in [0.15, 0.2) is 12.0 Å². The number of aryl methyl sites for hydroxylation is 1. The number of likely N-dealkylation sites (tertiary alicyclic amines) is 1. The molecule has 0 bridgehead atoms. The number of amides is 1. The molecule has 2 saturated heterocycles. The molecule has 9 nitrogen and oxygen atoms in total. The Balaban J connectivity index is 1.40. The summed E-state index contributed by atoms with van der Waals surface area (Å²) in [6.45, 7) is 3.58. The minimum absolute atomic E-state index is 0.0775. The molecule has 4 aromatic rings. The monoisotopic (exact) mass is 503 g/mol. The van der Waals surface area contributed by atoms with E-state index >= 15 is 0 Å². The molecule has 2 aliphatic heterocycles. The van der Waals surface area contributed by atoms with Crippen molar-refractivity contribution in [2.45, 2.75) is 19.4 Å². The van der Waals surface area contributed by atoms with E-state index < -0.39 is 6.04 Å². The molecule has 2 aliphatic rings. The molecule has 0 radical (unpaired) electrons. The molecule has 2 fully saturated rings. The van der Waals surface area contributed by atoms with E-state index in [0.29, 0.717) is 42.9 Å². The fourth-order valence-corrected chi connectivity index (χ4v) is 5.26. The third-order valence-corrected chi connectivity index (χ3v) is 7.12. The Kier molecular flexibility index (Phi) is 5.86. The molecule has 1 unspecified atom stereocenters. The molecule has 37 heavy (non-hydrogen) atoms. The molecule has 1 amide bonds. The quantitative estimate of drug-likeness (QED) is 0.316. The van der Waals surface area contributed by atoms with Crippen molar-refractivity contribution in [2.24, 2.45) is 11.3 Å². The first-order valence-electron chi connectivity index (χ1n) is 12.0. The lowest BCUT2D eigenvalue weighted by Gasteiger charge is -2.50. The van der Waals surface area contributed by atoms with E-state index in [2.05, 4.69) is 9.97 Å². The third-order valence-electron chi connectivity index (χ3n) is 7.12. The Morgan fingerprint density at radius 1 is 1.22 bits per heavy atom. The van der Waals surface area contributed by atoms with E-state index in [1.54, 1.807) is 23.4 Å².